The van der Waals surface area contributed by atoms with Crippen LogP contribution in [0, 0.1) is 0 Å². The van der Waals surface area contributed by atoms with E-state index >= 15 is 0 Å². The molecule has 0 aliphatic heterocycles. The monoisotopic (exact) mass is 214 g/mol. The number of ether oxygens (including phenoxy) is 1. The van der Waals surface area contributed by atoms with Crippen LogP contribution in [0.5, 0.6) is 0 Å². The lowest BCUT2D eigenvalue weighted by Gasteiger charge is -2.09. The van der Waals surface area contributed by atoms with E-state index in [4.69, 9.17) is 5.73 Å². The van der Waals surface area contributed by atoms with Gasteiger partial charge in [-0.2, -0.15) is 13.2 Å². The summed E-state index contributed by atoms with van der Waals surface area (Å²) >= 11 is 0. The molecule has 0 radical (unpaired) electrons. The van der Waals surface area contributed by atoms with Gasteiger partial charge in [0.15, 0.2) is 0 Å². The molecule has 14 heavy (non-hydrogen) atoms. The molecule has 0 bridgehead atoms. The third-order valence-electron chi connectivity index (χ3n) is 1.22. The molecule has 0 spiro atoms. The molecule has 0 unspecified atom stereocenters. The third-order valence-corrected chi connectivity index (χ3v) is 1.22. The van der Waals surface area contributed by atoms with Gasteiger partial charge in [0.05, 0.1) is 12.6 Å². The van der Waals surface area contributed by atoms with Crippen molar-refractivity contribution in [2.45, 2.75) is 19.1 Å². The zero-order chi connectivity index (χ0) is 11.2. The number of carbonyl (C=O) groups is 1. The van der Waals surface area contributed by atoms with Gasteiger partial charge in [-0.15, -0.1) is 0 Å². The van der Waals surface area contributed by atoms with Crippen LogP contribution >= 0.6 is 0 Å². The van der Waals surface area contributed by atoms with Crippen LogP contribution < -0.4 is 11.1 Å². The van der Waals surface area contributed by atoms with E-state index in [9.17, 15) is 18.0 Å². The fraction of sp³-hybridized carbons (Fsp3) is 0.857. The number of rotatable bonds is 5. The summed E-state index contributed by atoms with van der Waals surface area (Å²) in [6.07, 6.45) is -4.33. The average Bonchev–Trinajstić information content (AvgIpc) is 2.01. The van der Waals surface area contributed by atoms with Crippen LogP contribution in [-0.2, 0) is 9.53 Å². The fourth-order valence-electron chi connectivity index (χ4n) is 0.595. The highest BCUT2D eigenvalue weighted by molar-refractivity contribution is 5.80. The van der Waals surface area contributed by atoms with Gasteiger partial charge in [-0.25, -0.2) is 0 Å². The molecule has 1 amide bonds. The fourth-order valence-corrected chi connectivity index (χ4v) is 0.595. The van der Waals surface area contributed by atoms with Crippen LogP contribution in [-0.4, -0.2) is 37.9 Å². The first-order chi connectivity index (χ1) is 6.33. The number of hydrogen-bond donors (Lipinski definition) is 2. The summed E-state index contributed by atoms with van der Waals surface area (Å²) in [5.41, 5.74) is 5.19. The normalized spacial score (nSPS) is 13.8. The molecular formula is C7H13F3N2O2. The second kappa shape index (κ2) is 5.82. The molecular weight excluding hydrogens is 201 g/mol. The van der Waals surface area contributed by atoms with Gasteiger partial charge < -0.3 is 15.8 Å². The van der Waals surface area contributed by atoms with Crippen LogP contribution in [0.3, 0.4) is 0 Å². The van der Waals surface area contributed by atoms with Gasteiger partial charge in [-0.1, -0.05) is 0 Å². The van der Waals surface area contributed by atoms with Crippen molar-refractivity contribution in [2.24, 2.45) is 5.73 Å². The van der Waals surface area contributed by atoms with Crippen molar-refractivity contribution < 1.29 is 22.7 Å². The first-order valence-electron chi connectivity index (χ1n) is 4.00. The largest absolute Gasteiger partial charge is 0.411 e. The van der Waals surface area contributed by atoms with Gasteiger partial charge in [0.2, 0.25) is 5.91 Å². The number of nitrogens with one attached hydrogen (secondary N) is 1. The van der Waals surface area contributed by atoms with E-state index in [0.717, 1.165) is 0 Å². The molecule has 0 fully saturated rings. The van der Waals surface area contributed by atoms with Gasteiger partial charge in [-0.3, -0.25) is 4.79 Å². The maximum Gasteiger partial charge on any atom is 0.411 e. The van der Waals surface area contributed by atoms with Gasteiger partial charge in [0, 0.05) is 6.54 Å². The van der Waals surface area contributed by atoms with E-state index in [1.807, 2.05) is 0 Å². The molecule has 0 saturated carbocycles. The summed E-state index contributed by atoms with van der Waals surface area (Å²) in [4.78, 5) is 10.8. The van der Waals surface area contributed by atoms with Crippen molar-refractivity contribution in [3.05, 3.63) is 0 Å². The van der Waals surface area contributed by atoms with E-state index in [1.165, 1.54) is 6.92 Å². The molecule has 4 nitrogen and oxygen atoms in total. The van der Waals surface area contributed by atoms with Crippen LogP contribution in [0.25, 0.3) is 0 Å². The molecule has 0 saturated heterocycles. The second-order valence-corrected chi connectivity index (χ2v) is 2.75. The molecule has 0 aliphatic rings. The molecule has 0 aliphatic carbocycles. The summed E-state index contributed by atoms with van der Waals surface area (Å²) in [7, 11) is 0. The van der Waals surface area contributed by atoms with Crippen molar-refractivity contribution in [1.82, 2.24) is 5.32 Å². The standard InChI is InChI=1S/C7H13F3N2O2/c1-5(11)6(13)12-2-3-14-4-7(8,9)10/h5H,2-4,11H2,1H3,(H,12,13)/t5-/m0/s1. The summed E-state index contributed by atoms with van der Waals surface area (Å²) < 4.78 is 38.9. The number of carbonyl (C=O) groups excluding carboxylic acids is 1. The Balaban J connectivity index is 3.35. The molecule has 0 rings (SSSR count). The highest BCUT2D eigenvalue weighted by atomic mass is 19.4. The third kappa shape index (κ3) is 7.81. The van der Waals surface area contributed by atoms with Gasteiger partial charge >= 0.3 is 6.18 Å². The Morgan fingerprint density at radius 3 is 2.57 bits per heavy atom. The Bertz CT molecular complexity index is 182. The molecule has 0 aromatic carbocycles. The first kappa shape index (κ1) is 13.2. The molecule has 3 N–H and O–H groups in total. The molecule has 0 aromatic heterocycles. The Hall–Kier alpha value is -0.820. The molecule has 0 heterocycles. The highest BCUT2D eigenvalue weighted by Crippen LogP contribution is 2.13. The topological polar surface area (TPSA) is 64.4 Å². The smallest absolute Gasteiger partial charge is 0.370 e. The van der Waals surface area contributed by atoms with Crippen molar-refractivity contribution in [3.63, 3.8) is 0 Å². The molecule has 84 valence electrons. The van der Waals surface area contributed by atoms with Crippen LogP contribution in [0.4, 0.5) is 13.2 Å². The zero-order valence-electron chi connectivity index (χ0n) is 7.73. The van der Waals surface area contributed by atoms with Crippen molar-refractivity contribution in [2.75, 3.05) is 19.8 Å². The Kier molecular flexibility index (Phi) is 5.47. The number of halogens is 3. The van der Waals surface area contributed by atoms with E-state index in [-0.39, 0.29) is 13.2 Å². The Labute approximate surface area is 79.6 Å². The summed E-state index contributed by atoms with van der Waals surface area (Å²) in [5.74, 6) is -0.416. The van der Waals surface area contributed by atoms with E-state index in [2.05, 4.69) is 10.1 Å². The minimum atomic E-state index is -4.33. The van der Waals surface area contributed by atoms with Crippen LogP contribution in [0.1, 0.15) is 6.92 Å². The SMILES string of the molecule is C[C@H](N)C(=O)NCCOCC(F)(F)F. The van der Waals surface area contributed by atoms with Gasteiger partial charge in [0.1, 0.15) is 6.61 Å². The molecule has 7 heteroatoms. The number of nitrogens with two attached hydrogens (primary N) is 1. The molecule has 1 atom stereocenters. The summed E-state index contributed by atoms with van der Waals surface area (Å²) in [5, 5.41) is 2.31. The average molecular weight is 214 g/mol. The van der Waals surface area contributed by atoms with E-state index in [1.54, 1.807) is 0 Å². The van der Waals surface area contributed by atoms with E-state index < -0.39 is 24.7 Å². The minimum Gasteiger partial charge on any atom is -0.370 e. The number of hydrogen-bond acceptors (Lipinski definition) is 3. The van der Waals surface area contributed by atoms with Gasteiger partial charge in [-0.05, 0) is 6.92 Å². The quantitative estimate of drug-likeness (QED) is 0.634. The summed E-state index contributed by atoms with van der Waals surface area (Å²) in [6.45, 7) is 0.0153. The predicted molar refractivity (Wildman–Crippen MR) is 43.5 cm³/mol. The minimum absolute atomic E-state index is 0.0243. The lowest BCUT2D eigenvalue weighted by molar-refractivity contribution is -0.173. The maximum atomic E-state index is 11.5. The van der Waals surface area contributed by atoms with E-state index in [0.29, 0.717) is 0 Å². The first-order valence-corrected chi connectivity index (χ1v) is 4.00. The lowest BCUT2D eigenvalue weighted by atomic mass is 10.3. The zero-order valence-corrected chi connectivity index (χ0v) is 7.73. The number of amides is 1. The molecule has 0 aromatic rings. The van der Waals surface area contributed by atoms with Crippen molar-refractivity contribution >= 4 is 5.91 Å². The van der Waals surface area contributed by atoms with Crippen LogP contribution in [0.15, 0.2) is 0 Å². The van der Waals surface area contributed by atoms with Crippen molar-refractivity contribution in [3.8, 4) is 0 Å². The van der Waals surface area contributed by atoms with Crippen LogP contribution in [0.2, 0.25) is 0 Å². The highest BCUT2D eigenvalue weighted by Gasteiger charge is 2.27. The van der Waals surface area contributed by atoms with Crippen molar-refractivity contribution in [1.29, 1.82) is 0 Å². The second-order valence-electron chi connectivity index (χ2n) is 2.75. The summed E-state index contributed by atoms with van der Waals surface area (Å²) in [6, 6.07) is -0.669. The lowest BCUT2D eigenvalue weighted by Crippen LogP contribution is -2.39. The maximum absolute atomic E-state index is 11.5. The predicted octanol–water partition coefficient (Wildman–Crippen LogP) is 0.0287. The Morgan fingerprint density at radius 1 is 1.57 bits per heavy atom. The Morgan fingerprint density at radius 2 is 2.14 bits per heavy atom. The number of alkyl halides is 3. The van der Waals surface area contributed by atoms with Gasteiger partial charge in [0.25, 0.3) is 0 Å².